The second kappa shape index (κ2) is 4.72. The molecule has 1 aromatic carbocycles. The molecule has 0 radical (unpaired) electrons. The van der Waals surface area contributed by atoms with Crippen molar-refractivity contribution in [2.75, 3.05) is 11.9 Å². The molecular weight excluding hydrogens is 228 g/mol. The van der Waals surface area contributed by atoms with E-state index in [0.717, 1.165) is 5.56 Å². The lowest BCUT2D eigenvalue weighted by Crippen LogP contribution is -2.44. The molecule has 4 nitrogen and oxygen atoms in total. The van der Waals surface area contributed by atoms with E-state index in [1.807, 2.05) is 37.9 Å². The molecule has 0 saturated heterocycles. The smallest absolute Gasteiger partial charge is 0.249 e. The van der Waals surface area contributed by atoms with Crippen molar-refractivity contribution < 1.29 is 0 Å². The highest BCUT2D eigenvalue weighted by Crippen LogP contribution is 2.18. The number of hydrogen-bond acceptors (Lipinski definition) is 4. The average Bonchev–Trinajstić information content (AvgIpc) is 2.38. The van der Waals surface area contributed by atoms with Gasteiger partial charge in [-0.05, 0) is 31.5 Å². The summed E-state index contributed by atoms with van der Waals surface area (Å²) in [6.07, 6.45) is 3.87. The lowest BCUT2D eigenvalue weighted by molar-refractivity contribution is 0.742. The molecule has 94 valence electrons. The first-order valence-corrected chi connectivity index (χ1v) is 5.96. The van der Waals surface area contributed by atoms with E-state index in [0.29, 0.717) is 17.7 Å². The molecule has 1 heterocycles. The van der Waals surface area contributed by atoms with Crippen LogP contribution in [0.2, 0.25) is 0 Å². The monoisotopic (exact) mass is 244 g/mol. The maximum Gasteiger partial charge on any atom is 0.249 e. The maximum absolute atomic E-state index is 11.7. The van der Waals surface area contributed by atoms with Crippen molar-refractivity contribution in [1.29, 1.82) is 0 Å². The molecule has 0 saturated carbocycles. The van der Waals surface area contributed by atoms with Crippen LogP contribution in [0.15, 0.2) is 34.1 Å². The highest BCUT2D eigenvalue weighted by atomic mass is 16.2. The first kappa shape index (κ1) is 12.5. The largest absolute Gasteiger partial charge is 0.369 e. The Morgan fingerprint density at radius 1 is 1.17 bits per heavy atom. The van der Waals surface area contributed by atoms with Crippen LogP contribution >= 0.6 is 0 Å². The third kappa shape index (κ3) is 2.06. The Hall–Kier alpha value is -1.97. The van der Waals surface area contributed by atoms with E-state index in [4.69, 9.17) is 0 Å². The molecule has 18 heavy (non-hydrogen) atoms. The van der Waals surface area contributed by atoms with Gasteiger partial charge in [0.05, 0.1) is 5.69 Å². The van der Waals surface area contributed by atoms with E-state index < -0.39 is 0 Å². The Bertz CT molecular complexity index is 610. The van der Waals surface area contributed by atoms with Crippen molar-refractivity contribution in [2.45, 2.75) is 26.3 Å². The lowest BCUT2D eigenvalue weighted by Gasteiger charge is -2.26. The zero-order valence-corrected chi connectivity index (χ0v) is 10.8. The highest BCUT2D eigenvalue weighted by molar-refractivity contribution is 5.59. The standard InChI is InChI=1S/C14H16N2O2/c1-9(2)16(3)12-11(13(17)14(12)18)8-10-4-6-15-7-5-10/h4-7,9H,8H2,1-3H3. The van der Waals surface area contributed by atoms with E-state index in [9.17, 15) is 9.59 Å². The van der Waals surface area contributed by atoms with Crippen molar-refractivity contribution in [2.24, 2.45) is 0 Å². The van der Waals surface area contributed by atoms with Gasteiger partial charge in [0.1, 0.15) is 0 Å². The molecular formula is C14H16N2O2. The zero-order valence-electron chi connectivity index (χ0n) is 10.8. The van der Waals surface area contributed by atoms with Crippen molar-refractivity contribution in [3.63, 3.8) is 0 Å². The molecule has 0 fully saturated rings. The van der Waals surface area contributed by atoms with Gasteiger partial charge in [-0.25, -0.2) is 0 Å². The van der Waals surface area contributed by atoms with E-state index in [-0.39, 0.29) is 16.9 Å². The van der Waals surface area contributed by atoms with Gasteiger partial charge in [-0.15, -0.1) is 0 Å². The fourth-order valence-corrected chi connectivity index (χ4v) is 1.93. The normalized spacial score (nSPS) is 11.1. The minimum Gasteiger partial charge on any atom is -0.369 e. The minimum absolute atomic E-state index is 0.199. The van der Waals surface area contributed by atoms with Crippen LogP contribution in [0, 0.1) is 0 Å². The molecule has 0 atom stereocenters. The van der Waals surface area contributed by atoms with Gasteiger partial charge < -0.3 is 4.90 Å². The third-order valence-corrected chi connectivity index (χ3v) is 3.24. The molecule has 2 rings (SSSR count). The molecule has 0 spiro atoms. The summed E-state index contributed by atoms with van der Waals surface area (Å²) in [7, 11) is 1.84. The Balaban J connectivity index is 2.33. The van der Waals surface area contributed by atoms with Crippen LogP contribution in [-0.2, 0) is 6.42 Å². The molecule has 0 amide bonds. The summed E-state index contributed by atoms with van der Waals surface area (Å²) in [6, 6.07) is 3.91. The number of rotatable bonds is 4. The zero-order chi connectivity index (χ0) is 13.3. The summed E-state index contributed by atoms with van der Waals surface area (Å²) in [5.41, 5.74) is 1.45. The van der Waals surface area contributed by atoms with Crippen molar-refractivity contribution in [3.05, 3.63) is 56.1 Å². The summed E-state index contributed by atoms with van der Waals surface area (Å²) in [5, 5.41) is 0. The van der Waals surface area contributed by atoms with Gasteiger partial charge in [0, 0.05) is 37.5 Å². The van der Waals surface area contributed by atoms with Gasteiger partial charge in [0.25, 0.3) is 0 Å². The second-order valence-electron chi connectivity index (χ2n) is 4.72. The van der Waals surface area contributed by atoms with Crippen molar-refractivity contribution in [3.8, 4) is 0 Å². The molecule has 1 aromatic heterocycles. The molecule has 2 aromatic rings. The summed E-state index contributed by atoms with van der Waals surface area (Å²) in [5.74, 6) is 0. The van der Waals surface area contributed by atoms with Crippen LogP contribution in [0.1, 0.15) is 25.0 Å². The Morgan fingerprint density at radius 3 is 2.33 bits per heavy atom. The van der Waals surface area contributed by atoms with E-state index in [1.54, 1.807) is 12.4 Å². The van der Waals surface area contributed by atoms with Gasteiger partial charge in [-0.2, -0.15) is 0 Å². The van der Waals surface area contributed by atoms with Crippen molar-refractivity contribution in [1.82, 2.24) is 4.98 Å². The fourth-order valence-electron chi connectivity index (χ4n) is 1.93. The molecule has 0 bridgehead atoms. The number of nitrogens with zero attached hydrogens (tertiary/aromatic N) is 2. The van der Waals surface area contributed by atoms with Crippen LogP contribution in [0.5, 0.6) is 0 Å². The molecule has 4 heteroatoms. The minimum atomic E-state index is -0.366. The molecule has 0 N–H and O–H groups in total. The fraction of sp³-hybridized carbons (Fsp3) is 0.357. The third-order valence-electron chi connectivity index (χ3n) is 3.24. The predicted octanol–water partition coefficient (Wildman–Crippen LogP) is 1.11. The quantitative estimate of drug-likeness (QED) is 0.756. The van der Waals surface area contributed by atoms with Gasteiger partial charge in [0.15, 0.2) is 0 Å². The van der Waals surface area contributed by atoms with Gasteiger partial charge >= 0.3 is 0 Å². The van der Waals surface area contributed by atoms with Gasteiger partial charge in [0.2, 0.25) is 10.9 Å². The highest BCUT2D eigenvalue weighted by Gasteiger charge is 2.24. The molecule has 0 unspecified atom stereocenters. The average molecular weight is 244 g/mol. The molecule has 0 aliphatic carbocycles. The van der Waals surface area contributed by atoms with Crippen LogP contribution in [0.25, 0.3) is 0 Å². The van der Waals surface area contributed by atoms with E-state index in [2.05, 4.69) is 4.98 Å². The lowest BCUT2D eigenvalue weighted by atomic mass is 9.98. The van der Waals surface area contributed by atoms with Crippen LogP contribution in [0.3, 0.4) is 0 Å². The second-order valence-corrected chi connectivity index (χ2v) is 4.72. The number of anilines is 1. The number of aromatic nitrogens is 1. The van der Waals surface area contributed by atoms with Gasteiger partial charge in [-0.3, -0.25) is 14.6 Å². The summed E-state index contributed by atoms with van der Waals surface area (Å²) in [4.78, 5) is 29.1. The summed E-state index contributed by atoms with van der Waals surface area (Å²) in [6.45, 7) is 3.99. The predicted molar refractivity (Wildman–Crippen MR) is 71.9 cm³/mol. The first-order valence-electron chi connectivity index (χ1n) is 5.96. The van der Waals surface area contributed by atoms with Crippen LogP contribution in [-0.4, -0.2) is 18.1 Å². The Labute approximate surface area is 106 Å². The van der Waals surface area contributed by atoms with E-state index in [1.165, 1.54) is 0 Å². The Kier molecular flexibility index (Phi) is 3.28. The van der Waals surface area contributed by atoms with Crippen LogP contribution < -0.4 is 15.8 Å². The number of hydrogen-bond donors (Lipinski definition) is 0. The van der Waals surface area contributed by atoms with E-state index >= 15 is 0 Å². The van der Waals surface area contributed by atoms with Crippen LogP contribution in [0.4, 0.5) is 5.69 Å². The molecule has 0 aliphatic heterocycles. The maximum atomic E-state index is 11.7. The molecule has 0 aliphatic rings. The van der Waals surface area contributed by atoms with Crippen molar-refractivity contribution >= 4 is 5.69 Å². The summed E-state index contributed by atoms with van der Waals surface area (Å²) >= 11 is 0. The summed E-state index contributed by atoms with van der Waals surface area (Å²) < 4.78 is 0. The van der Waals surface area contributed by atoms with Gasteiger partial charge in [-0.1, -0.05) is 0 Å². The first-order chi connectivity index (χ1) is 8.52. The SMILES string of the molecule is CC(C)N(C)c1c(Cc2ccncc2)c(=O)c1=O. The Morgan fingerprint density at radius 2 is 1.78 bits per heavy atom. The number of pyridine rings is 1. The topological polar surface area (TPSA) is 50.3 Å².